The minimum Gasteiger partial charge on any atom is -0.229 e. The second kappa shape index (κ2) is 5.38. The highest BCUT2D eigenvalue weighted by molar-refractivity contribution is 7.93. The Bertz CT molecular complexity index is 497. The molecule has 1 rings (SSSR count). The van der Waals surface area contributed by atoms with E-state index in [0.717, 1.165) is 19.1 Å². The van der Waals surface area contributed by atoms with Crippen molar-refractivity contribution in [2.24, 2.45) is 5.92 Å². The maximum absolute atomic E-state index is 11.9. The fraction of sp³-hybridized carbons (Fsp3) is 0.800. The molecule has 5 nitrogen and oxygen atoms in total. The number of terminal acetylenes is 1. The first-order chi connectivity index (χ1) is 7.74. The molecule has 0 aromatic heterocycles. The monoisotopic (exact) mass is 279 g/mol. The molecular weight excluding hydrogens is 262 g/mol. The van der Waals surface area contributed by atoms with Gasteiger partial charge in [-0.15, -0.1) is 6.42 Å². The minimum absolute atomic E-state index is 0.0165. The topological polar surface area (TPSA) is 71.5 Å². The Morgan fingerprint density at radius 1 is 1.24 bits per heavy atom. The van der Waals surface area contributed by atoms with E-state index >= 15 is 0 Å². The summed E-state index contributed by atoms with van der Waals surface area (Å²) in [5.41, 5.74) is 0. The van der Waals surface area contributed by atoms with Crippen molar-refractivity contribution < 1.29 is 16.8 Å². The summed E-state index contributed by atoms with van der Waals surface area (Å²) in [6.45, 7) is 0.429. The molecule has 0 amide bonds. The Hall–Kier alpha value is -0.580. The molecule has 0 spiro atoms. The zero-order chi connectivity index (χ0) is 13.1. The predicted octanol–water partition coefficient (Wildman–Crippen LogP) is -0.294. The highest BCUT2D eigenvalue weighted by Gasteiger charge is 2.30. The molecule has 0 unspecified atom stereocenters. The van der Waals surface area contributed by atoms with Crippen molar-refractivity contribution in [3.63, 3.8) is 0 Å². The van der Waals surface area contributed by atoms with Crippen molar-refractivity contribution in [3.05, 3.63) is 0 Å². The van der Waals surface area contributed by atoms with Crippen LogP contribution in [0.5, 0.6) is 0 Å². The van der Waals surface area contributed by atoms with E-state index in [-0.39, 0.29) is 18.1 Å². The van der Waals surface area contributed by atoms with Crippen LogP contribution in [0.4, 0.5) is 0 Å². The molecule has 0 bridgehead atoms. The summed E-state index contributed by atoms with van der Waals surface area (Å²) in [6, 6.07) is 0. The van der Waals surface area contributed by atoms with Crippen molar-refractivity contribution in [2.45, 2.75) is 12.8 Å². The molecular formula is C10H17NO4S2. The van der Waals surface area contributed by atoms with Crippen LogP contribution in [-0.2, 0) is 19.9 Å². The molecule has 1 aliphatic carbocycles. The van der Waals surface area contributed by atoms with Gasteiger partial charge in [0.1, 0.15) is 9.84 Å². The van der Waals surface area contributed by atoms with E-state index in [2.05, 4.69) is 5.92 Å². The molecule has 0 heterocycles. The highest BCUT2D eigenvalue weighted by Crippen LogP contribution is 2.30. The van der Waals surface area contributed by atoms with Gasteiger partial charge in [0, 0.05) is 12.8 Å². The summed E-state index contributed by atoms with van der Waals surface area (Å²) in [5, 5.41) is 0. The van der Waals surface area contributed by atoms with Crippen molar-refractivity contribution >= 4 is 19.9 Å². The first-order valence-electron chi connectivity index (χ1n) is 5.33. The number of rotatable bonds is 7. The maximum atomic E-state index is 11.9. The van der Waals surface area contributed by atoms with Gasteiger partial charge < -0.3 is 0 Å². The van der Waals surface area contributed by atoms with Crippen molar-refractivity contribution in [2.75, 3.05) is 30.9 Å². The molecule has 1 aliphatic rings. The Balaban J connectivity index is 2.66. The van der Waals surface area contributed by atoms with Crippen LogP contribution in [0, 0.1) is 18.3 Å². The third-order valence-electron chi connectivity index (χ3n) is 2.53. The molecule has 0 saturated heterocycles. The second-order valence-corrected chi connectivity index (χ2v) is 8.73. The molecule has 98 valence electrons. The van der Waals surface area contributed by atoms with Crippen LogP contribution in [0.15, 0.2) is 0 Å². The van der Waals surface area contributed by atoms with Gasteiger partial charge >= 0.3 is 0 Å². The van der Waals surface area contributed by atoms with Crippen molar-refractivity contribution in [1.29, 1.82) is 0 Å². The third kappa shape index (κ3) is 5.52. The molecule has 0 aromatic rings. The van der Waals surface area contributed by atoms with Crippen molar-refractivity contribution in [3.8, 4) is 12.3 Å². The number of hydrogen-bond donors (Lipinski definition) is 0. The number of sulfonamides is 1. The second-order valence-electron chi connectivity index (χ2n) is 4.39. The Morgan fingerprint density at radius 3 is 2.24 bits per heavy atom. The van der Waals surface area contributed by atoms with E-state index in [4.69, 9.17) is 6.42 Å². The summed E-state index contributed by atoms with van der Waals surface area (Å²) >= 11 is 0. The molecule has 0 radical (unpaired) electrons. The first kappa shape index (κ1) is 14.5. The summed E-state index contributed by atoms with van der Waals surface area (Å²) in [6.07, 6.45) is 8.19. The molecule has 0 aromatic carbocycles. The quantitative estimate of drug-likeness (QED) is 0.600. The van der Waals surface area contributed by atoms with Crippen molar-refractivity contribution in [1.82, 2.24) is 4.31 Å². The van der Waals surface area contributed by atoms with Crippen LogP contribution in [0.25, 0.3) is 0 Å². The smallest absolute Gasteiger partial charge is 0.215 e. The predicted molar refractivity (Wildman–Crippen MR) is 66.6 cm³/mol. The summed E-state index contributed by atoms with van der Waals surface area (Å²) in [7, 11) is -6.84. The van der Waals surface area contributed by atoms with E-state index in [0.29, 0.717) is 12.5 Å². The fourth-order valence-corrected chi connectivity index (χ4v) is 4.37. The van der Waals surface area contributed by atoms with Gasteiger partial charge in [-0.2, -0.15) is 4.31 Å². The van der Waals surface area contributed by atoms with Gasteiger partial charge in [0.25, 0.3) is 0 Å². The molecule has 1 saturated carbocycles. The van der Waals surface area contributed by atoms with Gasteiger partial charge in [0.2, 0.25) is 10.0 Å². The van der Waals surface area contributed by atoms with E-state index in [1.165, 1.54) is 4.31 Å². The molecule has 0 atom stereocenters. The molecule has 7 heteroatoms. The van der Waals surface area contributed by atoms with Crippen LogP contribution in [0.1, 0.15) is 12.8 Å². The van der Waals surface area contributed by atoms with Gasteiger partial charge in [0.05, 0.1) is 18.1 Å². The molecule has 0 N–H and O–H groups in total. The van der Waals surface area contributed by atoms with Gasteiger partial charge in [-0.3, -0.25) is 0 Å². The van der Waals surface area contributed by atoms with Gasteiger partial charge in [-0.25, -0.2) is 16.8 Å². The summed E-state index contributed by atoms with van der Waals surface area (Å²) < 4.78 is 47.0. The minimum atomic E-state index is -3.56. The number of sulfone groups is 1. The third-order valence-corrected chi connectivity index (χ3v) is 5.52. The van der Waals surface area contributed by atoms with Crippen LogP contribution in [-0.4, -0.2) is 52.0 Å². The van der Waals surface area contributed by atoms with E-state index in [1.54, 1.807) is 0 Å². The van der Waals surface area contributed by atoms with Gasteiger partial charge in [0.15, 0.2) is 0 Å². The Morgan fingerprint density at radius 2 is 1.82 bits per heavy atom. The van der Waals surface area contributed by atoms with Crippen LogP contribution >= 0.6 is 0 Å². The van der Waals surface area contributed by atoms with Gasteiger partial charge in [-0.1, -0.05) is 5.92 Å². The van der Waals surface area contributed by atoms with E-state index in [1.807, 2.05) is 0 Å². The first-order valence-corrected chi connectivity index (χ1v) is 9.00. The average molecular weight is 279 g/mol. The van der Waals surface area contributed by atoms with Crippen LogP contribution in [0.3, 0.4) is 0 Å². The molecule has 0 aliphatic heterocycles. The number of nitrogens with zero attached hydrogens (tertiary/aromatic N) is 1. The molecule has 1 fully saturated rings. The lowest BCUT2D eigenvalue weighted by Crippen LogP contribution is -2.36. The lowest BCUT2D eigenvalue weighted by atomic mass is 10.4. The Labute approximate surface area is 103 Å². The zero-order valence-corrected chi connectivity index (χ0v) is 11.4. The van der Waals surface area contributed by atoms with Gasteiger partial charge in [-0.05, 0) is 18.8 Å². The van der Waals surface area contributed by atoms with Crippen LogP contribution < -0.4 is 0 Å². The Kier molecular flexibility index (Phi) is 4.58. The normalized spacial score (nSPS) is 17.0. The SMILES string of the molecule is C#CCN(CC1CC1)S(=O)(=O)CCS(C)(=O)=O. The largest absolute Gasteiger partial charge is 0.229 e. The van der Waals surface area contributed by atoms with E-state index in [9.17, 15) is 16.8 Å². The fourth-order valence-electron chi connectivity index (χ4n) is 1.35. The zero-order valence-electron chi connectivity index (χ0n) is 9.79. The average Bonchev–Trinajstić information content (AvgIpc) is 2.97. The van der Waals surface area contributed by atoms with Crippen LogP contribution in [0.2, 0.25) is 0 Å². The molecule has 17 heavy (non-hydrogen) atoms. The van der Waals surface area contributed by atoms with E-state index < -0.39 is 19.9 Å². The maximum Gasteiger partial charge on any atom is 0.215 e. The highest BCUT2D eigenvalue weighted by atomic mass is 32.2. The standard InChI is InChI=1S/C10H17NO4S2/c1-3-6-11(9-10-4-5-10)17(14,15)8-7-16(2,12)13/h1,10H,4-9H2,2H3. The lowest BCUT2D eigenvalue weighted by molar-refractivity contribution is 0.431. The summed E-state index contributed by atoms with van der Waals surface area (Å²) in [5.74, 6) is 1.94. The number of hydrogen-bond acceptors (Lipinski definition) is 4. The summed E-state index contributed by atoms with van der Waals surface area (Å²) in [4.78, 5) is 0. The lowest BCUT2D eigenvalue weighted by Gasteiger charge is -2.19.